The topological polar surface area (TPSA) is 715 Å². The van der Waals surface area contributed by atoms with Crippen LogP contribution in [0, 0.1) is 24.7 Å². The first-order valence-electron chi connectivity index (χ1n) is 39.9. The number of hydrogen-bond acceptors (Lipinski definition) is 44. The molecule has 46 heteroatoms. The Hall–Kier alpha value is -14.8. The van der Waals surface area contributed by atoms with Gasteiger partial charge in [0, 0.05) is 42.7 Å². The van der Waals surface area contributed by atoms with Crippen molar-refractivity contribution in [1.82, 2.24) is 15.0 Å². The van der Waals surface area contributed by atoms with Gasteiger partial charge in [0.15, 0.2) is 69.5 Å². The predicted molar refractivity (Wildman–Crippen MR) is 460 cm³/mol. The van der Waals surface area contributed by atoms with Crippen molar-refractivity contribution in [3.63, 3.8) is 0 Å². The Bertz CT molecular complexity index is 5600. The number of aryl methyl sites for hydroxylation is 1. The number of carboxylic acid groups (broad SMARTS) is 1. The van der Waals surface area contributed by atoms with Crippen LogP contribution in [0.5, 0.6) is 51.7 Å². The third-order valence-electron chi connectivity index (χ3n) is 17.2. The van der Waals surface area contributed by atoms with E-state index >= 15 is 0 Å². The molecule has 45 nitrogen and oxygen atoms in total. The van der Waals surface area contributed by atoms with Crippen LogP contribution in [-0.4, -0.2) is 279 Å². The molecule has 1 fully saturated rings. The maximum Gasteiger partial charge on any atom is 1.00 e. The van der Waals surface area contributed by atoms with E-state index in [1.807, 2.05) is 0 Å². The average molecular weight is 1940 g/mol. The number of aromatic carboxylic acids is 1. The molecule has 9 rings (SSSR count). The van der Waals surface area contributed by atoms with Crippen LogP contribution in [0.1, 0.15) is 241 Å². The van der Waals surface area contributed by atoms with Crippen molar-refractivity contribution >= 4 is 89.2 Å². The summed E-state index contributed by atoms with van der Waals surface area (Å²) in [5.41, 5.74) is -1.40. The summed E-state index contributed by atoms with van der Waals surface area (Å²) >= 11 is 0. The second kappa shape index (κ2) is 59.8. The zero-order chi connectivity index (χ0) is 102. The number of unbranched alkanes of at least 4 members (excludes halogenated alkanes) is 2. The average Bonchev–Trinajstić information content (AvgIpc) is 1.67. The maximum absolute atomic E-state index is 12.9. The summed E-state index contributed by atoms with van der Waals surface area (Å²) < 4.78 is 54.6. The molecular weight excluding hydrogens is 1850 g/mol. The first kappa shape index (κ1) is 118. The molecule has 1 aromatic heterocycles. The number of hydrogen-bond donors (Lipinski definition) is 15. The van der Waals surface area contributed by atoms with Crippen molar-refractivity contribution in [2.24, 2.45) is 0 Å². The standard InChI is InChI=1S/C29H31N3O15.C23H20O10.C13H14O5.C12H12O5.C7H6O5.C5H8O.C2H6O.K/c1-2-44-26(40)13-6-14(8-15(7-13)28(42)47-29(43)16-9-18(34)21(36)19(35)10-16)27(41)45-5-3-4-17-11-32(31-30-17)25-24(39)23(38)22(37)20(12-33)46-25;1-3-5-6-7-32-21(28)14-8-13(20(27)31-4-2)9-15(10-14)22(29)33-23(30)16-11-17(24)19(26)18(25)12-16;1-4-18-13(16)11-6-9(8(2)14)5-10(7-11)12(15)17-3;1-7(13)8-4-9(11(14)16-2)6-10(5-8)12(15)17-3;8-4-1-3(7(11)12)2-5(9)6(4)10;1-2-3-4-5-6;1-2-3;/h6-11,20,22-25,33-39H,2-5,12H2,1H3;1,8-12,24-26H,4-7H2,2H3;5-7H,4H2,1-3H3;4-6H,1-3H3;1-2,8-10H,(H,11,12);1,6H,3-5H2;3H,2H2,1H3;/q;;;;;;;+1/p-1. The first-order chi connectivity index (χ1) is 64.3. The Kier molecular flexibility index (Phi) is 51.6. The summed E-state index contributed by atoms with van der Waals surface area (Å²) in [6, 6.07) is 19.3. The van der Waals surface area contributed by atoms with E-state index in [2.05, 4.69) is 36.4 Å². The quantitative estimate of drug-likeness (QED) is 0.00464. The monoisotopic (exact) mass is 1940 g/mol. The Morgan fingerprint density at radius 3 is 0.927 bits per heavy atom. The number of Topliss-reactive ketones (excluding diaryl/α,β-unsaturated/α-hetero) is 2. The van der Waals surface area contributed by atoms with Gasteiger partial charge in [-0.3, -0.25) is 9.59 Å². The number of carbonyl (C=O) groups excluding carboxylic acids is 15. The molecule has 5 atom stereocenters. The van der Waals surface area contributed by atoms with Gasteiger partial charge in [-0.1, -0.05) is 5.21 Å². The van der Waals surface area contributed by atoms with Crippen molar-refractivity contribution in [3.8, 4) is 76.4 Å². The van der Waals surface area contributed by atoms with Gasteiger partial charge in [0.2, 0.25) is 0 Å². The van der Waals surface area contributed by atoms with Crippen molar-refractivity contribution < 1.29 is 257 Å². The number of nitrogens with zero attached hydrogens (tertiary/aromatic N) is 3. The van der Waals surface area contributed by atoms with Gasteiger partial charge >= 0.3 is 123 Å². The number of terminal acetylenes is 2. The van der Waals surface area contributed by atoms with Gasteiger partial charge in [0.1, 0.15) is 24.4 Å². The molecule has 7 aromatic carbocycles. The fourth-order valence-corrected chi connectivity index (χ4v) is 10.6. The van der Waals surface area contributed by atoms with Gasteiger partial charge in [-0.05, 0) is 176 Å². The molecule has 0 radical (unpaired) electrons. The second-order valence-corrected chi connectivity index (χ2v) is 27.1. The molecule has 137 heavy (non-hydrogen) atoms. The van der Waals surface area contributed by atoms with Crippen LogP contribution >= 0.6 is 0 Å². The first-order valence-corrected chi connectivity index (χ1v) is 39.9. The van der Waals surface area contributed by atoms with E-state index in [1.54, 1.807) is 20.8 Å². The van der Waals surface area contributed by atoms with Gasteiger partial charge in [0.05, 0.1) is 146 Å². The van der Waals surface area contributed by atoms with E-state index in [9.17, 15) is 128 Å². The number of aliphatic hydroxyl groups excluding tert-OH is 6. The molecule has 0 aliphatic carbocycles. The number of phenols is 9. The molecule has 728 valence electrons. The summed E-state index contributed by atoms with van der Waals surface area (Å²) in [6.45, 7) is 9.07. The number of esters is 12. The molecule has 1 saturated heterocycles. The van der Waals surface area contributed by atoms with Crippen LogP contribution in [0.4, 0.5) is 0 Å². The van der Waals surface area contributed by atoms with Crippen molar-refractivity contribution in [2.75, 3.05) is 74.2 Å². The van der Waals surface area contributed by atoms with E-state index in [-0.39, 0.29) is 183 Å². The van der Waals surface area contributed by atoms with Crippen LogP contribution < -0.4 is 56.5 Å². The van der Waals surface area contributed by atoms with Gasteiger partial charge in [-0.15, -0.1) is 29.8 Å². The molecule has 1 aliphatic rings. The van der Waals surface area contributed by atoms with Crippen molar-refractivity contribution in [2.45, 2.75) is 111 Å². The summed E-state index contributed by atoms with van der Waals surface area (Å²) in [6.07, 6.45) is 6.95. The van der Waals surface area contributed by atoms with Crippen molar-refractivity contribution in [3.05, 3.63) is 205 Å². The van der Waals surface area contributed by atoms with Crippen LogP contribution in [0.15, 0.2) is 115 Å². The number of phenolic OH excluding ortho intramolecular Hbond substituents is 9. The fraction of sp³-hybridized carbons (Fsp3) is 0.308. The van der Waals surface area contributed by atoms with E-state index in [0.29, 0.717) is 25.0 Å². The summed E-state index contributed by atoms with van der Waals surface area (Å²) in [5, 5.41) is 157. The number of methoxy groups -OCH3 is 3. The SMILES string of the molecule is C#CCCCO.C#CCCCOC(=O)c1cc(C(=O)OCC)cc(C(=O)OC(=O)c2cc(O)c(O)c(O)c2)c1.CCO.CCOC(=O)c1cc(C(=O)OCCCc2cn(C3OC(CO)C(O)C(O)C3O)nn2)cc(C(=O)OC(=O)c2cc(O)c(O)c(O)c2)c1.CCOC(=O)c1cc(C(C)=O)cc(C(=O)OC)c1.COC(=O)c1cc(C(C)=O)cc(C(=O)OC)c1.O=C([O-])c1cc(O)c(O)c(O)c1.[K+]. The molecule has 15 N–H and O–H groups in total. The van der Waals surface area contributed by atoms with E-state index in [0.717, 1.165) is 83.9 Å². The van der Waals surface area contributed by atoms with Gasteiger partial charge < -0.3 is 139 Å². The Balaban J connectivity index is 0.000000609. The molecule has 0 spiro atoms. The molecule has 5 unspecified atom stereocenters. The number of ketones is 2. The second-order valence-electron chi connectivity index (χ2n) is 27.1. The van der Waals surface area contributed by atoms with Crippen LogP contribution in [0.25, 0.3) is 0 Å². The molecular formula is C91H96KN3O42. The van der Waals surface area contributed by atoms with Gasteiger partial charge in [-0.25, -0.2) is 62.2 Å². The van der Waals surface area contributed by atoms with Crippen LogP contribution in [0.3, 0.4) is 0 Å². The maximum atomic E-state index is 12.9. The zero-order valence-corrected chi connectivity index (χ0v) is 78.1. The summed E-state index contributed by atoms with van der Waals surface area (Å²) in [7, 11) is 3.67. The zero-order valence-electron chi connectivity index (χ0n) is 75.0. The van der Waals surface area contributed by atoms with E-state index in [1.165, 1.54) is 84.7 Å². The molecule has 0 amide bonds. The number of benzene rings is 7. The smallest absolute Gasteiger partial charge is 0.545 e. The Morgan fingerprint density at radius 1 is 0.387 bits per heavy atom. The van der Waals surface area contributed by atoms with Crippen LogP contribution in [-0.2, 0) is 58.5 Å². The van der Waals surface area contributed by atoms with Gasteiger partial charge in [-0.2, -0.15) is 0 Å². The number of ether oxygens (including phenoxy) is 11. The van der Waals surface area contributed by atoms with Gasteiger partial charge in [0.25, 0.3) is 0 Å². The third kappa shape index (κ3) is 37.2. The van der Waals surface area contributed by atoms with E-state index in [4.69, 9.17) is 76.3 Å². The summed E-state index contributed by atoms with van der Waals surface area (Å²) in [4.78, 5) is 178. The number of aliphatic hydroxyl groups is 6. The minimum Gasteiger partial charge on any atom is -0.545 e. The van der Waals surface area contributed by atoms with Crippen molar-refractivity contribution in [1.29, 1.82) is 0 Å². The number of carboxylic acids is 1. The van der Waals surface area contributed by atoms with E-state index < -0.39 is 189 Å². The minimum absolute atomic E-state index is 0. The largest absolute Gasteiger partial charge is 1.00 e. The Morgan fingerprint density at radius 2 is 0.657 bits per heavy atom. The normalized spacial score (nSPS) is 13.3. The number of rotatable bonds is 29. The fourth-order valence-electron chi connectivity index (χ4n) is 10.6. The minimum atomic E-state index is -1.61. The molecule has 1 aliphatic heterocycles. The molecule has 0 saturated carbocycles. The Labute approximate surface area is 821 Å². The molecule has 0 bridgehead atoms. The number of aromatic hydroxyl groups is 9. The number of carbonyl (C=O) groups is 15. The predicted octanol–water partition coefficient (Wildman–Crippen LogP) is 1.75. The number of aromatic nitrogens is 3. The third-order valence-corrected chi connectivity index (χ3v) is 17.2. The summed E-state index contributed by atoms with van der Waals surface area (Å²) in [5.74, 6) is -15.5. The molecule has 8 aromatic rings. The van der Waals surface area contributed by atoms with Crippen LogP contribution in [0.2, 0.25) is 0 Å². The molecule has 2 heterocycles.